The second-order valence-corrected chi connectivity index (χ2v) is 15.2. The first kappa shape index (κ1) is 35.0. The molecule has 1 aromatic carbocycles. The summed E-state index contributed by atoms with van der Waals surface area (Å²) in [6, 6.07) is 7.72. The van der Waals surface area contributed by atoms with Gasteiger partial charge in [0.05, 0.1) is 18.8 Å². The Labute approximate surface area is 264 Å². The van der Waals surface area contributed by atoms with Gasteiger partial charge in [-0.2, -0.15) is 0 Å². The molecule has 4 saturated carbocycles. The molecular weight excluding hydrogens is 558 g/mol. The molecule has 0 spiro atoms. The van der Waals surface area contributed by atoms with Crippen LogP contribution >= 0.6 is 0 Å². The molecule has 0 heterocycles. The molecule has 0 amide bonds. The minimum absolute atomic E-state index is 0.0154. The predicted molar refractivity (Wildman–Crippen MR) is 170 cm³/mol. The van der Waals surface area contributed by atoms with Crippen LogP contribution in [0.4, 0.5) is 0 Å². The van der Waals surface area contributed by atoms with Crippen molar-refractivity contribution in [2.75, 3.05) is 34.4 Å². The van der Waals surface area contributed by atoms with E-state index >= 15 is 0 Å². The number of nitrogens with zero attached hydrogens (tertiary/aromatic N) is 1. The van der Waals surface area contributed by atoms with Crippen LogP contribution in [0.2, 0.25) is 0 Å². The van der Waals surface area contributed by atoms with Gasteiger partial charge >= 0.3 is 0 Å². The van der Waals surface area contributed by atoms with Crippen molar-refractivity contribution in [3.63, 3.8) is 0 Å². The van der Waals surface area contributed by atoms with Crippen molar-refractivity contribution in [1.29, 1.82) is 0 Å². The summed E-state index contributed by atoms with van der Waals surface area (Å²) in [6.45, 7) is 8.42. The van der Waals surface area contributed by atoms with Crippen molar-refractivity contribution in [3.05, 3.63) is 29.8 Å². The monoisotopic (exact) mass is 615 g/mol. The van der Waals surface area contributed by atoms with Gasteiger partial charge in [-0.15, -0.1) is 0 Å². The summed E-state index contributed by atoms with van der Waals surface area (Å²) in [6.07, 6.45) is 6.16. The maximum absolute atomic E-state index is 13.4. The van der Waals surface area contributed by atoms with Gasteiger partial charge < -0.3 is 30.1 Å². The van der Waals surface area contributed by atoms with E-state index in [1.165, 1.54) is 0 Å². The van der Waals surface area contributed by atoms with Crippen LogP contribution in [0.15, 0.2) is 24.3 Å². The Bertz CT molecular complexity index is 1190. The van der Waals surface area contributed by atoms with Crippen LogP contribution in [0.25, 0.3) is 0 Å². The number of hydrogen-bond donors (Lipinski definition) is 4. The number of fused-ring (bicyclic) bond motifs is 5. The predicted octanol–water partition coefficient (Wildman–Crippen LogP) is 4.35. The smallest absolute Gasteiger partial charge is 0.190 e. The summed E-state index contributed by atoms with van der Waals surface area (Å²) in [5.41, 5.74) is -2.28. The van der Waals surface area contributed by atoms with Crippen molar-refractivity contribution in [2.24, 2.45) is 40.4 Å². The largest absolute Gasteiger partial charge is 0.497 e. The minimum Gasteiger partial charge on any atom is -0.497 e. The van der Waals surface area contributed by atoms with Crippen molar-refractivity contribution in [1.82, 2.24) is 4.90 Å². The van der Waals surface area contributed by atoms with Crippen molar-refractivity contribution in [3.8, 4) is 5.75 Å². The zero-order valence-electron chi connectivity index (χ0n) is 28.0. The SMILES string of the molecule is CC[C@](O)(c1cccc(OC)c1)[C@@H](C)CN(C)C.C[C@]12CC[C@@H](O)C[C@H]1CC[C@@H]1[C@@H]2C(=O)C[C@@]2(C)[C@H]1CC[C@]2(O)C(=O)CO. The zero-order chi connectivity index (χ0) is 32.7. The molecule has 0 bridgehead atoms. The summed E-state index contributed by atoms with van der Waals surface area (Å²) < 4.78 is 5.23. The van der Waals surface area contributed by atoms with Crippen LogP contribution in [0.5, 0.6) is 5.75 Å². The molecular formula is C36H57NO7. The Morgan fingerprint density at radius 3 is 2.48 bits per heavy atom. The normalized spacial score (nSPS) is 38.4. The van der Waals surface area contributed by atoms with Gasteiger partial charge in [0.15, 0.2) is 5.78 Å². The Kier molecular flexibility index (Phi) is 10.4. The minimum atomic E-state index is -1.58. The second kappa shape index (κ2) is 13.1. The molecule has 248 valence electrons. The number of carbonyl (C=O) groups is 2. The number of ketones is 2. The van der Waals surface area contributed by atoms with E-state index in [0.29, 0.717) is 18.8 Å². The molecule has 0 unspecified atom stereocenters. The third-order valence-corrected chi connectivity index (χ3v) is 12.6. The lowest BCUT2D eigenvalue weighted by Gasteiger charge is -2.60. The topological polar surface area (TPSA) is 128 Å². The Morgan fingerprint density at radius 2 is 1.86 bits per heavy atom. The van der Waals surface area contributed by atoms with E-state index in [1.54, 1.807) is 7.11 Å². The molecule has 0 saturated heterocycles. The van der Waals surface area contributed by atoms with Crippen molar-refractivity contribution >= 4 is 11.6 Å². The number of aliphatic hydroxyl groups is 4. The van der Waals surface area contributed by atoms with Crippen LogP contribution < -0.4 is 4.74 Å². The second-order valence-electron chi connectivity index (χ2n) is 15.2. The number of aliphatic hydroxyl groups excluding tert-OH is 2. The number of methoxy groups -OCH3 is 1. The fourth-order valence-corrected chi connectivity index (χ4v) is 10.1. The molecule has 1 aromatic rings. The van der Waals surface area contributed by atoms with E-state index in [9.17, 15) is 30.0 Å². The fraction of sp³-hybridized carbons (Fsp3) is 0.778. The maximum Gasteiger partial charge on any atom is 0.190 e. The van der Waals surface area contributed by atoms with Gasteiger partial charge in [0.1, 0.15) is 23.7 Å². The van der Waals surface area contributed by atoms with Crippen LogP contribution in [0.3, 0.4) is 0 Å². The van der Waals surface area contributed by atoms with Gasteiger partial charge in [0.2, 0.25) is 0 Å². The highest BCUT2D eigenvalue weighted by Crippen LogP contribution is 2.67. The number of benzene rings is 1. The average Bonchev–Trinajstić information content (AvgIpc) is 3.26. The lowest BCUT2D eigenvalue weighted by atomic mass is 9.44. The number of hydrogen-bond acceptors (Lipinski definition) is 8. The highest BCUT2D eigenvalue weighted by Gasteiger charge is 2.68. The molecule has 0 aromatic heterocycles. The van der Waals surface area contributed by atoms with E-state index < -0.39 is 29.0 Å². The quantitative estimate of drug-likeness (QED) is 0.340. The van der Waals surface area contributed by atoms with Crippen LogP contribution in [0.1, 0.15) is 91.0 Å². The first-order valence-corrected chi connectivity index (χ1v) is 16.7. The summed E-state index contributed by atoms with van der Waals surface area (Å²) in [5, 5.41) is 41.6. The molecule has 0 aliphatic heterocycles. The highest BCUT2D eigenvalue weighted by atomic mass is 16.5. The van der Waals surface area contributed by atoms with Gasteiger partial charge in [0, 0.05) is 30.2 Å². The number of ether oxygens (including phenoxy) is 1. The fourth-order valence-electron chi connectivity index (χ4n) is 10.1. The summed E-state index contributed by atoms with van der Waals surface area (Å²) in [7, 11) is 5.70. The van der Waals surface area contributed by atoms with Gasteiger partial charge in [0.25, 0.3) is 0 Å². The molecule has 8 heteroatoms. The molecule has 0 radical (unpaired) electrons. The summed E-state index contributed by atoms with van der Waals surface area (Å²) in [4.78, 5) is 27.8. The Hall–Kier alpha value is -1.84. The number of carbonyl (C=O) groups excluding carboxylic acids is 2. The summed E-state index contributed by atoms with van der Waals surface area (Å²) >= 11 is 0. The standard InChI is InChI=1S/C21H32O5.C15H25NO2/c1-19-7-5-13(23)9-12(19)3-4-14-15-6-8-21(26,17(25)11-22)20(15,2)10-16(24)18(14)19;1-6-15(17,12(2)11-16(3)4)13-8-7-9-14(10-13)18-5/h12-15,18,22-23,26H,3-11H2,1-2H3;7-10,12,17H,6,11H2,1-5H3/t12-,13-,14+,15+,18-,19+,20+,21+;12-,15+/m10/s1. The van der Waals surface area contributed by atoms with Gasteiger partial charge in [-0.25, -0.2) is 0 Å². The Morgan fingerprint density at radius 1 is 1.16 bits per heavy atom. The Balaban J connectivity index is 0.000000217. The molecule has 4 N–H and O–H groups in total. The molecule has 4 aliphatic carbocycles. The molecule has 8 nitrogen and oxygen atoms in total. The number of Topliss-reactive ketones (excluding diaryl/α,β-unsaturated/α-hetero) is 2. The molecule has 44 heavy (non-hydrogen) atoms. The lowest BCUT2D eigenvalue weighted by molar-refractivity contribution is -0.180. The van der Waals surface area contributed by atoms with Gasteiger partial charge in [-0.1, -0.05) is 39.8 Å². The first-order valence-electron chi connectivity index (χ1n) is 16.7. The van der Waals surface area contributed by atoms with Gasteiger partial charge in [-0.3, -0.25) is 9.59 Å². The zero-order valence-corrected chi connectivity index (χ0v) is 28.0. The molecule has 4 aliphatic rings. The number of rotatable bonds is 8. The third-order valence-electron chi connectivity index (χ3n) is 12.6. The average molecular weight is 616 g/mol. The molecule has 10 atom stereocenters. The van der Waals surface area contributed by atoms with Crippen LogP contribution in [0, 0.1) is 40.4 Å². The van der Waals surface area contributed by atoms with Gasteiger partial charge in [-0.05, 0) is 106 Å². The van der Waals surface area contributed by atoms with E-state index in [2.05, 4.69) is 18.7 Å². The van der Waals surface area contributed by atoms with E-state index in [4.69, 9.17) is 4.74 Å². The third kappa shape index (κ3) is 5.90. The van der Waals surface area contributed by atoms with E-state index in [-0.39, 0.29) is 47.4 Å². The molecule has 5 rings (SSSR count). The van der Waals surface area contributed by atoms with Crippen molar-refractivity contribution < 1.29 is 34.8 Å². The maximum atomic E-state index is 13.4. The van der Waals surface area contributed by atoms with E-state index in [1.807, 2.05) is 52.2 Å². The summed E-state index contributed by atoms with van der Waals surface area (Å²) in [5.74, 6) is 1.33. The first-order chi connectivity index (χ1) is 20.6. The van der Waals surface area contributed by atoms with E-state index in [0.717, 1.165) is 56.4 Å². The van der Waals surface area contributed by atoms with Crippen molar-refractivity contribution in [2.45, 2.75) is 103 Å². The van der Waals surface area contributed by atoms with Crippen LogP contribution in [-0.2, 0) is 15.2 Å². The highest BCUT2D eigenvalue weighted by molar-refractivity contribution is 5.92. The molecule has 4 fully saturated rings. The lowest BCUT2D eigenvalue weighted by Crippen LogP contribution is -2.62. The van der Waals surface area contributed by atoms with Crippen LogP contribution in [-0.4, -0.2) is 83.0 Å².